The Kier molecular flexibility index (Phi) is 5.01. The monoisotopic (exact) mass is 389 g/mol. The third kappa shape index (κ3) is 4.12. The lowest BCUT2D eigenvalue weighted by Gasteiger charge is -2.13. The van der Waals surface area contributed by atoms with Gasteiger partial charge in [0.1, 0.15) is 6.54 Å². The average molecular weight is 389 g/mol. The van der Waals surface area contributed by atoms with Crippen LogP contribution in [0.4, 0.5) is 34.6 Å². The van der Waals surface area contributed by atoms with Crippen LogP contribution < -0.4 is 21.8 Å². The van der Waals surface area contributed by atoms with E-state index >= 15 is 0 Å². The molecule has 144 valence electrons. The predicted molar refractivity (Wildman–Crippen MR) is 91.0 cm³/mol. The normalized spacial score (nSPS) is 10.9. The van der Waals surface area contributed by atoms with Crippen molar-refractivity contribution in [2.75, 3.05) is 28.3 Å². The Morgan fingerprint density at radius 1 is 1.21 bits per heavy atom. The smallest absolute Gasteiger partial charge is 0.271 e. The van der Waals surface area contributed by atoms with E-state index in [-0.39, 0.29) is 34.6 Å². The summed E-state index contributed by atoms with van der Waals surface area (Å²) in [6.07, 6.45) is 0. The highest BCUT2D eigenvalue weighted by atomic mass is 16.6. The van der Waals surface area contributed by atoms with Crippen molar-refractivity contribution in [1.82, 2.24) is 20.6 Å². The van der Waals surface area contributed by atoms with Gasteiger partial charge in [-0.25, -0.2) is 14.3 Å². The van der Waals surface area contributed by atoms with Gasteiger partial charge in [-0.1, -0.05) is 11.3 Å². The number of non-ortho nitro benzene ring substituents is 1. The number of nitrogens with zero attached hydrogens (tertiary/aromatic N) is 8. The Labute approximate surface area is 154 Å². The van der Waals surface area contributed by atoms with E-state index in [2.05, 4.69) is 45.5 Å². The van der Waals surface area contributed by atoms with Crippen LogP contribution in [0.2, 0.25) is 0 Å². The van der Waals surface area contributed by atoms with Crippen LogP contribution in [0.25, 0.3) is 0 Å². The van der Waals surface area contributed by atoms with E-state index in [1.165, 1.54) is 24.3 Å². The third-order valence-corrected chi connectivity index (χ3v) is 3.12. The number of nitro groups is 1. The van der Waals surface area contributed by atoms with Crippen molar-refractivity contribution in [2.45, 2.75) is 0 Å². The Morgan fingerprint density at radius 3 is 2.61 bits per heavy atom. The van der Waals surface area contributed by atoms with Gasteiger partial charge >= 0.3 is 0 Å². The first-order valence-corrected chi connectivity index (χ1v) is 7.33. The fourth-order valence-corrected chi connectivity index (χ4v) is 1.91. The van der Waals surface area contributed by atoms with Crippen molar-refractivity contribution >= 4 is 40.6 Å². The van der Waals surface area contributed by atoms with Crippen LogP contribution in [-0.2, 0) is 4.79 Å². The highest BCUT2D eigenvalue weighted by Crippen LogP contribution is 2.22. The van der Waals surface area contributed by atoms with E-state index in [1.807, 2.05) is 0 Å². The molecule has 0 saturated carbocycles. The second-order valence-electron chi connectivity index (χ2n) is 5.05. The van der Waals surface area contributed by atoms with Crippen LogP contribution in [0.5, 0.6) is 0 Å². The maximum atomic E-state index is 12.3. The van der Waals surface area contributed by atoms with Gasteiger partial charge in [0.2, 0.25) is 23.4 Å². The number of anilines is 4. The summed E-state index contributed by atoms with van der Waals surface area (Å²) in [4.78, 5) is 22.6. The lowest BCUT2D eigenvalue weighted by Crippen LogP contribution is -2.30. The molecule has 3 rings (SSSR count). The van der Waals surface area contributed by atoms with Crippen molar-refractivity contribution in [3.63, 3.8) is 0 Å². The summed E-state index contributed by atoms with van der Waals surface area (Å²) in [5.74, 6) is -1.15. The van der Waals surface area contributed by atoms with Gasteiger partial charge in [0.05, 0.1) is 4.92 Å². The molecule has 16 heteroatoms. The molecule has 2 aromatic heterocycles. The first-order chi connectivity index (χ1) is 13.4. The minimum atomic E-state index is -0.618. The lowest BCUT2D eigenvalue weighted by molar-refractivity contribution is -0.384. The maximum Gasteiger partial charge on any atom is 0.271 e. The van der Waals surface area contributed by atoms with Crippen molar-refractivity contribution in [3.05, 3.63) is 34.4 Å². The Balaban J connectivity index is 1.77. The number of nitro benzene ring substituents is 1. The molecule has 0 aliphatic heterocycles. The van der Waals surface area contributed by atoms with Crippen LogP contribution in [0.15, 0.2) is 43.9 Å². The number of hydrogen-bond acceptors (Lipinski definition) is 13. The number of carbonyl (C=O) groups is 1. The molecule has 0 radical (unpaired) electrons. The van der Waals surface area contributed by atoms with Gasteiger partial charge in [0, 0.05) is 17.8 Å². The summed E-state index contributed by atoms with van der Waals surface area (Å²) in [7, 11) is 0. The standard InChI is InChI=1S/C12H11N11O5/c13-9-11(19-27-17-9)16-21-22(12-10(14)18-28-20-12)5-8(24)15-6-2-1-3-7(4-6)23(25)26/h1-4H,5H2,(H2,13,17)(H2,14,18)(H,15,24). The number of aromatic nitrogens is 4. The van der Waals surface area contributed by atoms with Crippen LogP contribution >= 0.6 is 0 Å². The zero-order chi connectivity index (χ0) is 20.1. The summed E-state index contributed by atoms with van der Waals surface area (Å²) in [6, 6.07) is 5.38. The predicted octanol–water partition coefficient (Wildman–Crippen LogP) is 0.669. The molecule has 5 N–H and O–H groups in total. The molecule has 0 fully saturated rings. The topological polar surface area (TPSA) is 230 Å². The number of amides is 1. The molecule has 0 unspecified atom stereocenters. The van der Waals surface area contributed by atoms with Gasteiger partial charge in [0.15, 0.2) is 0 Å². The molecule has 0 saturated heterocycles. The lowest BCUT2D eigenvalue weighted by atomic mass is 10.3. The van der Waals surface area contributed by atoms with Crippen molar-refractivity contribution < 1.29 is 19.0 Å². The first kappa shape index (κ1) is 18.2. The van der Waals surface area contributed by atoms with Gasteiger partial charge in [-0.3, -0.25) is 14.9 Å². The van der Waals surface area contributed by atoms with E-state index in [1.54, 1.807) is 0 Å². The van der Waals surface area contributed by atoms with Gasteiger partial charge in [-0.05, 0) is 26.7 Å². The zero-order valence-corrected chi connectivity index (χ0v) is 13.8. The maximum absolute atomic E-state index is 12.3. The summed E-state index contributed by atoms with van der Waals surface area (Å²) < 4.78 is 8.86. The number of benzene rings is 1. The van der Waals surface area contributed by atoms with Crippen LogP contribution in [-0.4, -0.2) is 38.0 Å². The fraction of sp³-hybridized carbons (Fsp3) is 0.0833. The summed E-state index contributed by atoms with van der Waals surface area (Å²) in [5.41, 5.74) is 11.1. The molecule has 0 aliphatic rings. The Bertz CT molecular complexity index is 1030. The van der Waals surface area contributed by atoms with Crippen LogP contribution in [0.1, 0.15) is 0 Å². The van der Waals surface area contributed by atoms with Gasteiger partial charge in [-0.2, -0.15) is 0 Å². The van der Waals surface area contributed by atoms with Crippen LogP contribution in [0, 0.1) is 10.1 Å². The third-order valence-electron chi connectivity index (χ3n) is 3.12. The molecule has 3 aromatic rings. The second-order valence-corrected chi connectivity index (χ2v) is 5.05. The average Bonchev–Trinajstić information content (AvgIpc) is 3.27. The summed E-state index contributed by atoms with van der Waals surface area (Å²) in [5, 5.41) is 35.4. The summed E-state index contributed by atoms with van der Waals surface area (Å²) in [6.45, 7) is -0.449. The van der Waals surface area contributed by atoms with Crippen molar-refractivity contribution in [2.24, 2.45) is 10.3 Å². The van der Waals surface area contributed by atoms with Gasteiger partial charge in [-0.15, -0.1) is 5.11 Å². The number of rotatable bonds is 7. The van der Waals surface area contributed by atoms with Crippen molar-refractivity contribution in [3.8, 4) is 0 Å². The minimum Gasteiger partial charge on any atom is -0.378 e. The van der Waals surface area contributed by atoms with E-state index in [9.17, 15) is 14.9 Å². The zero-order valence-electron chi connectivity index (χ0n) is 13.8. The Hall–Kier alpha value is -4.63. The molecule has 0 bridgehead atoms. The van der Waals surface area contributed by atoms with E-state index in [0.29, 0.717) is 0 Å². The molecule has 1 aromatic carbocycles. The number of nitrogen functional groups attached to an aromatic ring is 2. The first-order valence-electron chi connectivity index (χ1n) is 7.33. The SMILES string of the molecule is Nc1nonc1N=NN(CC(=O)Nc1cccc([N+](=O)[O-])c1)c1nonc1N. The van der Waals surface area contributed by atoms with E-state index in [0.717, 1.165) is 5.01 Å². The number of hydrogen-bond donors (Lipinski definition) is 3. The van der Waals surface area contributed by atoms with Crippen LogP contribution in [0.3, 0.4) is 0 Å². The molecule has 16 nitrogen and oxygen atoms in total. The highest BCUT2D eigenvalue weighted by molar-refractivity contribution is 5.94. The quantitative estimate of drug-likeness (QED) is 0.287. The highest BCUT2D eigenvalue weighted by Gasteiger charge is 2.20. The molecule has 28 heavy (non-hydrogen) atoms. The van der Waals surface area contributed by atoms with Gasteiger partial charge in [0.25, 0.3) is 11.5 Å². The number of carbonyl (C=O) groups excluding carboxylic acids is 1. The fourth-order valence-electron chi connectivity index (χ4n) is 1.91. The molecule has 0 atom stereocenters. The summed E-state index contributed by atoms with van der Waals surface area (Å²) >= 11 is 0. The van der Waals surface area contributed by atoms with Gasteiger partial charge < -0.3 is 16.8 Å². The molecule has 0 spiro atoms. The molecule has 0 aliphatic carbocycles. The van der Waals surface area contributed by atoms with E-state index in [4.69, 9.17) is 11.5 Å². The second kappa shape index (κ2) is 7.72. The van der Waals surface area contributed by atoms with E-state index < -0.39 is 17.4 Å². The van der Waals surface area contributed by atoms with Crippen molar-refractivity contribution in [1.29, 1.82) is 0 Å². The Morgan fingerprint density at radius 2 is 1.96 bits per heavy atom. The molecule has 2 heterocycles. The number of nitrogens with two attached hydrogens (primary N) is 2. The number of nitrogens with one attached hydrogen (secondary N) is 1. The minimum absolute atomic E-state index is 0.104. The largest absolute Gasteiger partial charge is 0.378 e. The molecule has 1 amide bonds. The molecular weight excluding hydrogens is 378 g/mol. The molecular formula is C12H11N11O5.